The first-order valence-electron chi connectivity index (χ1n) is 19.1. The molecule has 1 aliphatic rings. The summed E-state index contributed by atoms with van der Waals surface area (Å²) < 4.78 is 0. The van der Waals surface area contributed by atoms with E-state index in [9.17, 15) is 0 Å². The van der Waals surface area contributed by atoms with Crippen LogP contribution in [0.25, 0.3) is 50.1 Å². The lowest BCUT2D eigenvalue weighted by atomic mass is 9.82. The van der Waals surface area contributed by atoms with Gasteiger partial charge in [0.05, 0.1) is 0 Å². The van der Waals surface area contributed by atoms with Crippen molar-refractivity contribution in [3.63, 3.8) is 0 Å². The van der Waals surface area contributed by atoms with Crippen LogP contribution in [0.15, 0.2) is 201 Å². The van der Waals surface area contributed by atoms with Crippen molar-refractivity contribution in [2.45, 2.75) is 26.2 Å². The molecule has 0 radical (unpaired) electrons. The third-order valence-electron chi connectivity index (χ3n) is 11.4. The van der Waals surface area contributed by atoms with Crippen molar-refractivity contribution in [2.75, 3.05) is 4.90 Å². The highest BCUT2D eigenvalue weighted by Crippen LogP contribution is 2.50. The Morgan fingerprint density at radius 2 is 0.927 bits per heavy atom. The van der Waals surface area contributed by atoms with Gasteiger partial charge < -0.3 is 4.90 Å². The number of benzene rings is 8. The van der Waals surface area contributed by atoms with E-state index in [2.05, 4.69) is 220 Å². The highest BCUT2D eigenvalue weighted by Gasteiger charge is 2.35. The average Bonchev–Trinajstić information content (AvgIpc) is 3.47. The lowest BCUT2D eigenvalue weighted by molar-refractivity contribution is 0.660. The molecule has 8 aromatic carbocycles. The molecule has 0 saturated carbocycles. The second-order valence-corrected chi connectivity index (χ2v) is 15.1. The zero-order valence-corrected chi connectivity index (χ0v) is 31.6. The van der Waals surface area contributed by atoms with E-state index in [4.69, 9.17) is 0 Å². The maximum Gasteiger partial charge on any atom is 0.0465 e. The SMILES string of the molecule is C=C(c1ccccc1)c1ccccc1-c1cc(-c2ccc(N(c3ccc(-c4ccccc4)cc3)c3ccc4c(c3)C(C)(C)c3ccccc3-4)cc2)ccc1C. The summed E-state index contributed by atoms with van der Waals surface area (Å²) in [7, 11) is 0. The Morgan fingerprint density at radius 3 is 1.62 bits per heavy atom. The molecule has 1 aliphatic carbocycles. The van der Waals surface area contributed by atoms with Crippen LogP contribution in [-0.4, -0.2) is 0 Å². The smallest absolute Gasteiger partial charge is 0.0465 e. The monoisotopic (exact) mass is 705 g/mol. The van der Waals surface area contributed by atoms with Crippen molar-refractivity contribution in [1.82, 2.24) is 0 Å². The molecule has 0 heterocycles. The Kier molecular flexibility index (Phi) is 8.64. The van der Waals surface area contributed by atoms with E-state index in [1.165, 1.54) is 61.2 Å². The molecule has 0 saturated heterocycles. The van der Waals surface area contributed by atoms with E-state index in [1.807, 2.05) is 6.07 Å². The van der Waals surface area contributed by atoms with Gasteiger partial charge in [0.15, 0.2) is 0 Å². The first-order chi connectivity index (χ1) is 26.9. The molecule has 55 heavy (non-hydrogen) atoms. The molecule has 0 fully saturated rings. The molecule has 8 aromatic rings. The lowest BCUT2D eigenvalue weighted by Crippen LogP contribution is -2.16. The van der Waals surface area contributed by atoms with E-state index < -0.39 is 0 Å². The fourth-order valence-corrected chi connectivity index (χ4v) is 8.38. The summed E-state index contributed by atoms with van der Waals surface area (Å²) in [5.41, 5.74) is 20.4. The summed E-state index contributed by atoms with van der Waals surface area (Å²) in [5.74, 6) is 0. The molecule has 0 bridgehead atoms. The minimum absolute atomic E-state index is 0.0934. The molecule has 1 heteroatoms. The number of hydrogen-bond donors (Lipinski definition) is 0. The average molecular weight is 706 g/mol. The Balaban J connectivity index is 1.10. The van der Waals surface area contributed by atoms with Gasteiger partial charge in [-0.1, -0.05) is 172 Å². The normalized spacial score (nSPS) is 12.5. The summed E-state index contributed by atoms with van der Waals surface area (Å²) in [5, 5.41) is 0. The largest absolute Gasteiger partial charge is 0.310 e. The Hall–Kier alpha value is -6.70. The van der Waals surface area contributed by atoms with Crippen molar-refractivity contribution in [3.8, 4) is 44.5 Å². The number of aryl methyl sites for hydroxylation is 1. The summed E-state index contributed by atoms with van der Waals surface area (Å²) in [6.07, 6.45) is 0. The highest BCUT2D eigenvalue weighted by atomic mass is 15.1. The lowest BCUT2D eigenvalue weighted by Gasteiger charge is -2.28. The third-order valence-corrected chi connectivity index (χ3v) is 11.4. The molecule has 264 valence electrons. The molecule has 0 N–H and O–H groups in total. The predicted molar refractivity (Wildman–Crippen MR) is 234 cm³/mol. The van der Waals surface area contributed by atoms with Gasteiger partial charge in [-0.2, -0.15) is 0 Å². The number of fused-ring (bicyclic) bond motifs is 3. The summed E-state index contributed by atoms with van der Waals surface area (Å²) in [6.45, 7) is 11.4. The molecule has 0 atom stereocenters. The van der Waals surface area contributed by atoms with Crippen LogP contribution in [0, 0.1) is 6.92 Å². The van der Waals surface area contributed by atoms with Gasteiger partial charge in [-0.15, -0.1) is 0 Å². The van der Waals surface area contributed by atoms with E-state index in [0.29, 0.717) is 0 Å². The second kappa shape index (κ2) is 13.9. The van der Waals surface area contributed by atoms with E-state index in [0.717, 1.165) is 33.8 Å². The maximum absolute atomic E-state index is 4.52. The van der Waals surface area contributed by atoms with Crippen LogP contribution in [0.5, 0.6) is 0 Å². The number of nitrogens with zero attached hydrogens (tertiary/aromatic N) is 1. The zero-order chi connectivity index (χ0) is 37.5. The van der Waals surface area contributed by atoms with Gasteiger partial charge in [0.1, 0.15) is 0 Å². The van der Waals surface area contributed by atoms with Crippen molar-refractivity contribution in [3.05, 3.63) is 229 Å². The van der Waals surface area contributed by atoms with E-state index in [-0.39, 0.29) is 5.41 Å². The van der Waals surface area contributed by atoms with Crippen LogP contribution in [-0.2, 0) is 5.41 Å². The fourth-order valence-electron chi connectivity index (χ4n) is 8.38. The summed E-state index contributed by atoms with van der Waals surface area (Å²) in [6, 6.07) is 70.4. The van der Waals surface area contributed by atoms with Gasteiger partial charge in [0, 0.05) is 22.5 Å². The standard InChI is InChI=1S/C54H43N/c1-37-23-24-43(35-51(37)48-20-12-11-19-47(48)38(2)39-15-7-5-8-16-39)42-27-31-45(32-28-42)55(44-29-25-41(26-30-44)40-17-9-6-10-18-40)46-33-34-50-49-21-13-14-22-52(49)54(3,4)53(50)36-46/h5-36H,2H2,1,3-4H3. The van der Waals surface area contributed by atoms with Crippen molar-refractivity contribution >= 4 is 22.6 Å². The van der Waals surface area contributed by atoms with E-state index in [1.54, 1.807) is 0 Å². The van der Waals surface area contributed by atoms with Crippen molar-refractivity contribution in [1.29, 1.82) is 0 Å². The fraction of sp³-hybridized carbons (Fsp3) is 0.0741. The molecular formula is C54H43N. The number of anilines is 3. The van der Waals surface area contributed by atoms with E-state index >= 15 is 0 Å². The molecule has 0 aliphatic heterocycles. The third kappa shape index (κ3) is 6.18. The van der Waals surface area contributed by atoms with Gasteiger partial charge in [-0.3, -0.25) is 0 Å². The second-order valence-electron chi connectivity index (χ2n) is 15.1. The topological polar surface area (TPSA) is 3.24 Å². The highest BCUT2D eigenvalue weighted by molar-refractivity contribution is 5.90. The number of rotatable bonds is 8. The molecule has 1 nitrogen and oxygen atoms in total. The van der Waals surface area contributed by atoms with Crippen LogP contribution < -0.4 is 4.90 Å². The Labute approximate surface area is 325 Å². The predicted octanol–water partition coefficient (Wildman–Crippen LogP) is 14.8. The summed E-state index contributed by atoms with van der Waals surface area (Å²) >= 11 is 0. The van der Waals surface area contributed by atoms with Gasteiger partial charge in [-0.05, 0) is 127 Å². The van der Waals surface area contributed by atoms with Gasteiger partial charge in [0.2, 0.25) is 0 Å². The van der Waals surface area contributed by atoms with Crippen molar-refractivity contribution < 1.29 is 0 Å². The van der Waals surface area contributed by atoms with Crippen LogP contribution in [0.1, 0.15) is 41.7 Å². The molecule has 0 unspecified atom stereocenters. The molecular weight excluding hydrogens is 663 g/mol. The molecule has 9 rings (SSSR count). The minimum Gasteiger partial charge on any atom is -0.310 e. The van der Waals surface area contributed by atoms with Gasteiger partial charge in [-0.25, -0.2) is 0 Å². The van der Waals surface area contributed by atoms with Crippen LogP contribution >= 0.6 is 0 Å². The zero-order valence-electron chi connectivity index (χ0n) is 31.6. The first-order valence-corrected chi connectivity index (χ1v) is 19.1. The quantitative estimate of drug-likeness (QED) is 0.152. The molecule has 0 aromatic heterocycles. The number of hydrogen-bond acceptors (Lipinski definition) is 1. The van der Waals surface area contributed by atoms with Gasteiger partial charge >= 0.3 is 0 Å². The van der Waals surface area contributed by atoms with Gasteiger partial charge in [0.25, 0.3) is 0 Å². The maximum atomic E-state index is 4.52. The summed E-state index contributed by atoms with van der Waals surface area (Å²) in [4.78, 5) is 2.39. The van der Waals surface area contributed by atoms with Crippen LogP contribution in [0.2, 0.25) is 0 Å². The molecule has 0 amide bonds. The Morgan fingerprint density at radius 1 is 0.418 bits per heavy atom. The first kappa shape index (κ1) is 34.1. The van der Waals surface area contributed by atoms with Crippen LogP contribution in [0.4, 0.5) is 17.1 Å². The Bertz CT molecular complexity index is 2670. The minimum atomic E-state index is -0.0934. The van der Waals surface area contributed by atoms with Crippen LogP contribution in [0.3, 0.4) is 0 Å². The molecule has 0 spiro atoms. The van der Waals surface area contributed by atoms with Crippen molar-refractivity contribution in [2.24, 2.45) is 0 Å².